The molecule has 1 aromatic heterocycles. The quantitative estimate of drug-likeness (QED) is 0.757. The van der Waals surface area contributed by atoms with Crippen molar-refractivity contribution in [2.45, 2.75) is 0 Å². The van der Waals surface area contributed by atoms with Crippen LogP contribution in [0.15, 0.2) is 54.7 Å². The lowest BCUT2D eigenvalue weighted by atomic mass is 10.3. The van der Waals surface area contributed by atoms with Gasteiger partial charge in [-0.05, 0) is 30.3 Å². The molecule has 0 spiro atoms. The summed E-state index contributed by atoms with van der Waals surface area (Å²) in [6.45, 7) is 0. The highest BCUT2D eigenvalue weighted by Crippen LogP contribution is 2.20. The van der Waals surface area contributed by atoms with Gasteiger partial charge in [-0.1, -0.05) is 29.8 Å². The number of halogens is 2. The minimum Gasteiger partial charge on any atom is -0.336 e. The summed E-state index contributed by atoms with van der Waals surface area (Å²) in [4.78, 5) is 4.23. The molecule has 0 aliphatic heterocycles. The summed E-state index contributed by atoms with van der Waals surface area (Å²) in [7, 11) is 0. The van der Waals surface area contributed by atoms with Crippen molar-refractivity contribution in [3.8, 4) is 0 Å². The van der Waals surface area contributed by atoms with E-state index in [4.69, 9.17) is 11.6 Å². The van der Waals surface area contributed by atoms with Crippen molar-refractivity contribution in [2.24, 2.45) is 0 Å². The zero-order chi connectivity index (χ0) is 15.4. The number of hydrogen-bond donors (Lipinski definition) is 2. The molecule has 5 nitrogen and oxygen atoms in total. The van der Waals surface area contributed by atoms with E-state index in [-0.39, 0.29) is 11.8 Å². The van der Waals surface area contributed by atoms with E-state index >= 15 is 0 Å². The highest BCUT2D eigenvalue weighted by atomic mass is 35.5. The van der Waals surface area contributed by atoms with Crippen molar-refractivity contribution >= 4 is 34.7 Å². The molecule has 3 aromatic rings. The summed E-state index contributed by atoms with van der Waals surface area (Å²) in [6, 6.07) is 13.5. The third kappa shape index (κ3) is 3.48. The average Bonchev–Trinajstić information content (AvgIpc) is 2.50. The number of nitrogens with zero attached hydrogens (tertiary/aromatic N) is 3. The maximum Gasteiger partial charge on any atom is 0.249 e. The van der Waals surface area contributed by atoms with Crippen LogP contribution < -0.4 is 10.6 Å². The predicted octanol–water partition coefficient (Wildman–Crippen LogP) is 4.15. The molecule has 0 bridgehead atoms. The van der Waals surface area contributed by atoms with Gasteiger partial charge in [0.25, 0.3) is 0 Å². The van der Waals surface area contributed by atoms with Crippen LogP contribution in [-0.2, 0) is 0 Å². The summed E-state index contributed by atoms with van der Waals surface area (Å²) in [6.07, 6.45) is 1.41. The lowest BCUT2D eigenvalue weighted by Gasteiger charge is -2.08. The molecule has 0 fully saturated rings. The summed E-state index contributed by atoms with van der Waals surface area (Å²) < 4.78 is 13.6. The average molecular weight is 316 g/mol. The number of hydrogen-bond acceptors (Lipinski definition) is 5. The van der Waals surface area contributed by atoms with Crippen molar-refractivity contribution in [1.82, 2.24) is 15.2 Å². The summed E-state index contributed by atoms with van der Waals surface area (Å²) in [5.41, 5.74) is 1.05. The Bertz CT molecular complexity index is 796. The number of benzene rings is 2. The number of rotatable bonds is 4. The van der Waals surface area contributed by atoms with E-state index in [2.05, 4.69) is 25.8 Å². The maximum atomic E-state index is 13.6. The van der Waals surface area contributed by atoms with Crippen molar-refractivity contribution in [3.63, 3.8) is 0 Å². The molecular weight excluding hydrogens is 305 g/mol. The van der Waals surface area contributed by atoms with Gasteiger partial charge in [-0.25, -0.2) is 4.39 Å². The predicted molar refractivity (Wildman–Crippen MR) is 84.2 cm³/mol. The van der Waals surface area contributed by atoms with Gasteiger partial charge in [0.15, 0.2) is 5.82 Å². The third-order valence-corrected chi connectivity index (χ3v) is 3.01. The normalized spacial score (nSPS) is 10.3. The van der Waals surface area contributed by atoms with Gasteiger partial charge in [-0.15, -0.1) is 5.10 Å². The lowest BCUT2D eigenvalue weighted by molar-refractivity contribution is 0.632. The second-order valence-electron chi connectivity index (χ2n) is 4.41. The standard InChI is InChI=1S/C15H11ClFN5/c16-10-4-3-5-11(8-10)19-15-21-14(9-18-22-15)20-13-7-2-1-6-12(13)17/h1-9H,(H2,19,20,21,22). The zero-order valence-corrected chi connectivity index (χ0v) is 12.0. The fraction of sp³-hybridized carbons (Fsp3) is 0. The van der Waals surface area contributed by atoms with Crippen LogP contribution in [0.5, 0.6) is 0 Å². The Kier molecular flexibility index (Phi) is 4.11. The molecule has 110 valence electrons. The Balaban J connectivity index is 1.79. The van der Waals surface area contributed by atoms with Crippen LogP contribution in [0.25, 0.3) is 0 Å². The fourth-order valence-corrected chi connectivity index (χ4v) is 2.00. The zero-order valence-electron chi connectivity index (χ0n) is 11.3. The smallest absolute Gasteiger partial charge is 0.249 e. The number of anilines is 4. The van der Waals surface area contributed by atoms with Gasteiger partial charge in [-0.2, -0.15) is 10.1 Å². The summed E-state index contributed by atoms with van der Waals surface area (Å²) in [5, 5.41) is 14.1. The first kappa shape index (κ1) is 14.2. The number of para-hydroxylation sites is 1. The van der Waals surface area contributed by atoms with Gasteiger partial charge in [0, 0.05) is 10.7 Å². The van der Waals surface area contributed by atoms with Crippen LogP contribution in [0.3, 0.4) is 0 Å². The molecule has 0 aliphatic rings. The van der Waals surface area contributed by atoms with Crippen molar-refractivity contribution in [2.75, 3.05) is 10.6 Å². The number of nitrogens with one attached hydrogen (secondary N) is 2. The van der Waals surface area contributed by atoms with Crippen molar-refractivity contribution in [1.29, 1.82) is 0 Å². The second-order valence-corrected chi connectivity index (χ2v) is 4.84. The van der Waals surface area contributed by atoms with E-state index in [1.165, 1.54) is 12.3 Å². The molecule has 0 amide bonds. The molecule has 0 saturated carbocycles. The molecule has 0 aliphatic carbocycles. The Morgan fingerprint density at radius 1 is 1.00 bits per heavy atom. The number of aromatic nitrogens is 3. The first-order chi connectivity index (χ1) is 10.7. The van der Waals surface area contributed by atoms with Gasteiger partial charge in [-0.3, -0.25) is 0 Å². The molecule has 22 heavy (non-hydrogen) atoms. The van der Waals surface area contributed by atoms with E-state index in [9.17, 15) is 4.39 Å². The maximum absolute atomic E-state index is 13.6. The minimum absolute atomic E-state index is 0.281. The van der Waals surface area contributed by atoms with Crippen LogP contribution in [0.1, 0.15) is 0 Å². The topological polar surface area (TPSA) is 62.7 Å². The first-order valence-electron chi connectivity index (χ1n) is 6.44. The molecular formula is C15H11ClFN5. The van der Waals surface area contributed by atoms with Crippen molar-refractivity contribution in [3.05, 3.63) is 65.6 Å². The lowest BCUT2D eigenvalue weighted by Crippen LogP contribution is -2.03. The van der Waals surface area contributed by atoms with E-state index in [1.54, 1.807) is 36.4 Å². The van der Waals surface area contributed by atoms with Crippen molar-refractivity contribution < 1.29 is 4.39 Å². The van der Waals surface area contributed by atoms with Crippen LogP contribution in [0, 0.1) is 5.82 Å². The summed E-state index contributed by atoms with van der Waals surface area (Å²) in [5.74, 6) is 0.290. The third-order valence-electron chi connectivity index (χ3n) is 2.78. The molecule has 1 heterocycles. The van der Waals surface area contributed by atoms with E-state index < -0.39 is 0 Å². The second kappa shape index (κ2) is 6.36. The fourth-order valence-electron chi connectivity index (χ4n) is 1.81. The Labute approximate surface area is 131 Å². The molecule has 0 saturated heterocycles. The van der Waals surface area contributed by atoms with Crippen LogP contribution >= 0.6 is 11.6 Å². The highest BCUT2D eigenvalue weighted by Gasteiger charge is 2.05. The Morgan fingerprint density at radius 2 is 1.86 bits per heavy atom. The van der Waals surface area contributed by atoms with E-state index in [1.807, 2.05) is 6.07 Å². The van der Waals surface area contributed by atoms with E-state index in [0.29, 0.717) is 16.5 Å². The monoisotopic (exact) mass is 315 g/mol. The van der Waals surface area contributed by atoms with Crippen LogP contribution in [0.4, 0.5) is 27.5 Å². The largest absolute Gasteiger partial charge is 0.336 e. The highest BCUT2D eigenvalue weighted by molar-refractivity contribution is 6.30. The van der Waals surface area contributed by atoms with E-state index in [0.717, 1.165) is 5.69 Å². The van der Waals surface area contributed by atoms with Crippen LogP contribution in [0.2, 0.25) is 5.02 Å². The first-order valence-corrected chi connectivity index (χ1v) is 6.82. The van der Waals surface area contributed by atoms with Crippen LogP contribution in [-0.4, -0.2) is 15.2 Å². The van der Waals surface area contributed by atoms with Gasteiger partial charge in [0.1, 0.15) is 5.82 Å². The molecule has 3 rings (SSSR count). The SMILES string of the molecule is Fc1ccccc1Nc1cnnc(Nc2cccc(Cl)c2)n1. The van der Waals surface area contributed by atoms with Gasteiger partial charge >= 0.3 is 0 Å². The molecule has 0 unspecified atom stereocenters. The summed E-state index contributed by atoms with van der Waals surface area (Å²) >= 11 is 5.92. The van der Waals surface area contributed by atoms with Gasteiger partial charge < -0.3 is 10.6 Å². The molecule has 2 aromatic carbocycles. The minimum atomic E-state index is -0.370. The Hall–Kier alpha value is -2.73. The van der Waals surface area contributed by atoms with Gasteiger partial charge in [0.2, 0.25) is 5.95 Å². The molecule has 0 atom stereocenters. The Morgan fingerprint density at radius 3 is 2.68 bits per heavy atom. The molecule has 2 N–H and O–H groups in total. The molecule has 7 heteroatoms. The van der Waals surface area contributed by atoms with Gasteiger partial charge in [0.05, 0.1) is 11.9 Å². The molecule has 0 radical (unpaired) electrons.